The molecule has 4 rings (SSSR count). The number of aryl methyl sites for hydroxylation is 1. The Bertz CT molecular complexity index is 986. The molecule has 0 saturated carbocycles. The normalized spacial score (nSPS) is 21.0. The quantitative estimate of drug-likeness (QED) is 0.662. The van der Waals surface area contributed by atoms with Gasteiger partial charge in [0, 0.05) is 54.4 Å². The molecule has 1 fully saturated rings. The number of hydrogen-bond donors (Lipinski definition) is 3. The van der Waals surface area contributed by atoms with Crippen LogP contribution in [-0.2, 0) is 6.54 Å². The highest BCUT2D eigenvalue weighted by Gasteiger charge is 2.24. The molecule has 1 saturated heterocycles. The summed E-state index contributed by atoms with van der Waals surface area (Å²) in [5, 5.41) is 21.3. The minimum Gasteiger partial charge on any atom is -0.508 e. The van der Waals surface area contributed by atoms with Gasteiger partial charge < -0.3 is 10.4 Å². The van der Waals surface area contributed by atoms with Crippen LogP contribution in [0.2, 0.25) is 0 Å². The molecule has 0 aliphatic carbocycles. The predicted molar refractivity (Wildman–Crippen MR) is 103 cm³/mol. The minimum absolute atomic E-state index is 0.100. The molecule has 1 aromatic carbocycles. The lowest BCUT2D eigenvalue weighted by molar-refractivity contribution is 0.139. The summed E-state index contributed by atoms with van der Waals surface area (Å²) in [7, 11) is 0. The van der Waals surface area contributed by atoms with Crippen molar-refractivity contribution >= 4 is 11.0 Å². The van der Waals surface area contributed by atoms with Crippen molar-refractivity contribution in [3.63, 3.8) is 0 Å². The van der Waals surface area contributed by atoms with Gasteiger partial charge in [-0.1, -0.05) is 0 Å². The third kappa shape index (κ3) is 3.40. The maximum Gasteiger partial charge on any atom is 0.182 e. The lowest BCUT2D eigenvalue weighted by Gasteiger charge is -2.37. The van der Waals surface area contributed by atoms with Crippen LogP contribution in [0.1, 0.15) is 25.1 Å². The van der Waals surface area contributed by atoms with Crippen molar-refractivity contribution in [2.45, 2.75) is 39.4 Å². The van der Waals surface area contributed by atoms with Crippen LogP contribution in [0.5, 0.6) is 5.75 Å². The molecule has 2 atom stereocenters. The lowest BCUT2D eigenvalue weighted by atomic mass is 10.0. The molecule has 0 amide bonds. The van der Waals surface area contributed by atoms with Gasteiger partial charge in [-0.2, -0.15) is 5.10 Å². The second kappa shape index (κ2) is 6.90. The zero-order chi connectivity index (χ0) is 19.1. The molecule has 3 heterocycles. The van der Waals surface area contributed by atoms with Crippen molar-refractivity contribution in [3.8, 4) is 17.0 Å². The van der Waals surface area contributed by atoms with E-state index in [-0.39, 0.29) is 5.75 Å². The van der Waals surface area contributed by atoms with E-state index in [1.165, 1.54) is 6.07 Å². The number of nitrogens with zero attached hydrogens (tertiary/aromatic N) is 3. The summed E-state index contributed by atoms with van der Waals surface area (Å²) < 4.78 is 14.4. The van der Waals surface area contributed by atoms with Gasteiger partial charge in [0.15, 0.2) is 5.65 Å². The van der Waals surface area contributed by atoms with Gasteiger partial charge in [0.25, 0.3) is 0 Å². The number of aromatic nitrogens is 3. The Morgan fingerprint density at radius 2 is 2.11 bits per heavy atom. The number of piperazine rings is 1. The van der Waals surface area contributed by atoms with Gasteiger partial charge in [0.1, 0.15) is 11.6 Å². The Morgan fingerprint density at radius 3 is 2.89 bits per heavy atom. The van der Waals surface area contributed by atoms with E-state index in [0.717, 1.165) is 42.3 Å². The number of nitrogens with one attached hydrogen (secondary N) is 2. The number of fused-ring (bicyclic) bond motifs is 1. The molecule has 3 aromatic rings. The van der Waals surface area contributed by atoms with Crippen molar-refractivity contribution in [3.05, 3.63) is 41.3 Å². The number of phenolic OH excluding ortho intramolecular Hbond substituents is 1. The van der Waals surface area contributed by atoms with E-state index in [2.05, 4.69) is 39.2 Å². The molecule has 7 heteroatoms. The van der Waals surface area contributed by atoms with Crippen LogP contribution in [0.3, 0.4) is 0 Å². The number of H-pyrrole nitrogens is 1. The van der Waals surface area contributed by atoms with Crippen LogP contribution < -0.4 is 5.32 Å². The van der Waals surface area contributed by atoms with E-state index in [9.17, 15) is 9.50 Å². The second-order valence-corrected chi connectivity index (χ2v) is 7.47. The zero-order valence-electron chi connectivity index (χ0n) is 15.8. The van der Waals surface area contributed by atoms with Crippen LogP contribution in [0.25, 0.3) is 22.3 Å². The molecule has 6 nitrogen and oxygen atoms in total. The molecule has 1 aliphatic rings. The third-order valence-electron chi connectivity index (χ3n) is 5.28. The first kappa shape index (κ1) is 17.9. The van der Waals surface area contributed by atoms with Crippen molar-refractivity contribution in [2.75, 3.05) is 13.1 Å². The number of pyridine rings is 1. The van der Waals surface area contributed by atoms with Crippen LogP contribution in [0, 0.1) is 12.7 Å². The number of halogens is 1. The third-order valence-corrected chi connectivity index (χ3v) is 5.28. The Morgan fingerprint density at radius 1 is 1.30 bits per heavy atom. The number of benzene rings is 1. The van der Waals surface area contributed by atoms with E-state index in [4.69, 9.17) is 0 Å². The molecule has 142 valence electrons. The average molecular weight is 369 g/mol. The number of aromatic hydroxyl groups is 1. The van der Waals surface area contributed by atoms with Gasteiger partial charge in [-0.05, 0) is 44.5 Å². The highest BCUT2D eigenvalue weighted by Crippen LogP contribution is 2.30. The van der Waals surface area contributed by atoms with Crippen LogP contribution >= 0.6 is 0 Å². The molecular weight excluding hydrogens is 345 g/mol. The number of aromatic amines is 1. The summed E-state index contributed by atoms with van der Waals surface area (Å²) in [6.45, 7) is 9.01. The van der Waals surface area contributed by atoms with Crippen molar-refractivity contribution in [1.82, 2.24) is 25.4 Å². The lowest BCUT2D eigenvalue weighted by Crippen LogP contribution is -2.53. The summed E-state index contributed by atoms with van der Waals surface area (Å²) in [6, 6.07) is 6.91. The smallest absolute Gasteiger partial charge is 0.182 e. The van der Waals surface area contributed by atoms with Gasteiger partial charge in [0.2, 0.25) is 0 Å². The standard InChI is InChI=1S/C20H24FN5O/c1-11-9-26(12(2)8-22-11)10-14-6-18(16-5-4-15(27)7-17(16)21)23-20-19(14)13(3)24-25-20/h4-7,11-12,22,27H,8-10H2,1-3H3,(H,23,24,25). The largest absolute Gasteiger partial charge is 0.508 e. The van der Waals surface area contributed by atoms with Crippen LogP contribution in [0.15, 0.2) is 24.3 Å². The Balaban J connectivity index is 1.79. The molecule has 2 unspecified atom stereocenters. The summed E-state index contributed by atoms with van der Waals surface area (Å²) in [4.78, 5) is 6.98. The van der Waals surface area contributed by atoms with Gasteiger partial charge in [-0.15, -0.1) is 0 Å². The molecule has 27 heavy (non-hydrogen) atoms. The molecule has 2 aromatic heterocycles. The van der Waals surface area contributed by atoms with E-state index < -0.39 is 5.82 Å². The molecular formula is C20H24FN5O. The fourth-order valence-electron chi connectivity index (χ4n) is 3.78. The highest BCUT2D eigenvalue weighted by molar-refractivity contribution is 5.84. The number of phenols is 1. The van der Waals surface area contributed by atoms with E-state index in [1.807, 2.05) is 13.0 Å². The van der Waals surface area contributed by atoms with E-state index in [0.29, 0.717) is 29.0 Å². The zero-order valence-corrected chi connectivity index (χ0v) is 15.8. The average Bonchev–Trinajstić information content (AvgIpc) is 2.99. The Hall–Kier alpha value is -2.51. The molecule has 1 aliphatic heterocycles. The monoisotopic (exact) mass is 369 g/mol. The first-order valence-electron chi connectivity index (χ1n) is 9.23. The second-order valence-electron chi connectivity index (χ2n) is 7.47. The summed E-state index contributed by atoms with van der Waals surface area (Å²) in [5.41, 5.74) is 3.51. The molecule has 0 bridgehead atoms. The van der Waals surface area contributed by atoms with Crippen LogP contribution in [-0.4, -0.2) is 50.4 Å². The van der Waals surface area contributed by atoms with Crippen molar-refractivity contribution in [2.24, 2.45) is 0 Å². The number of rotatable bonds is 3. The minimum atomic E-state index is -0.496. The van der Waals surface area contributed by atoms with Crippen LogP contribution in [0.4, 0.5) is 4.39 Å². The maximum absolute atomic E-state index is 14.4. The van der Waals surface area contributed by atoms with Crippen molar-refractivity contribution < 1.29 is 9.50 Å². The van der Waals surface area contributed by atoms with Gasteiger partial charge in [-0.3, -0.25) is 10.00 Å². The predicted octanol–water partition coefficient (Wildman–Crippen LogP) is 2.96. The van der Waals surface area contributed by atoms with Gasteiger partial charge >= 0.3 is 0 Å². The first-order chi connectivity index (χ1) is 12.9. The molecule has 3 N–H and O–H groups in total. The van der Waals surface area contributed by atoms with Gasteiger partial charge in [0.05, 0.1) is 5.69 Å². The highest BCUT2D eigenvalue weighted by atomic mass is 19.1. The van der Waals surface area contributed by atoms with E-state index >= 15 is 0 Å². The Labute approximate surface area is 157 Å². The van der Waals surface area contributed by atoms with E-state index in [1.54, 1.807) is 6.07 Å². The van der Waals surface area contributed by atoms with Crippen molar-refractivity contribution in [1.29, 1.82) is 0 Å². The summed E-state index contributed by atoms with van der Waals surface area (Å²) in [5.74, 6) is -0.596. The molecule has 0 spiro atoms. The summed E-state index contributed by atoms with van der Waals surface area (Å²) >= 11 is 0. The topological polar surface area (TPSA) is 77.1 Å². The molecule has 0 radical (unpaired) electrons. The fraction of sp³-hybridized carbons (Fsp3) is 0.400. The number of hydrogen-bond acceptors (Lipinski definition) is 5. The fourth-order valence-corrected chi connectivity index (χ4v) is 3.78. The Kier molecular flexibility index (Phi) is 4.57. The maximum atomic E-state index is 14.4. The summed E-state index contributed by atoms with van der Waals surface area (Å²) in [6.07, 6.45) is 0. The first-order valence-corrected chi connectivity index (χ1v) is 9.23. The van der Waals surface area contributed by atoms with Gasteiger partial charge in [-0.25, -0.2) is 9.37 Å². The SMILES string of the molecule is Cc1[nH]nc2nc(-c3ccc(O)cc3F)cc(CN3CC(C)NCC3C)c12.